The number of hydrogen-bond donors (Lipinski definition) is 1. The number of nitrogens with one attached hydrogen (secondary N) is 1. The van der Waals surface area contributed by atoms with E-state index in [-0.39, 0.29) is 5.91 Å². The van der Waals surface area contributed by atoms with Crippen molar-refractivity contribution < 1.29 is 13.9 Å². The summed E-state index contributed by atoms with van der Waals surface area (Å²) >= 11 is 1.63. The zero-order valence-corrected chi connectivity index (χ0v) is 14.3. The summed E-state index contributed by atoms with van der Waals surface area (Å²) in [5.74, 6) is 0.442. The Kier molecular flexibility index (Phi) is 4.49. The number of hydrogen-bond acceptors (Lipinski definition) is 6. The number of anilines is 2. The Hall–Kier alpha value is -2.64. The number of carbonyl (C=O) groups is 1. The van der Waals surface area contributed by atoms with Crippen LogP contribution in [0.1, 0.15) is 5.76 Å². The first kappa shape index (κ1) is 15.9. The highest BCUT2D eigenvalue weighted by molar-refractivity contribution is 7.22. The van der Waals surface area contributed by atoms with E-state index in [0.717, 1.165) is 47.3 Å². The summed E-state index contributed by atoms with van der Waals surface area (Å²) in [6.45, 7) is 3.19. The molecule has 1 aliphatic heterocycles. The zero-order valence-electron chi connectivity index (χ0n) is 13.5. The molecule has 0 radical (unpaired) electrons. The molecule has 128 valence electrons. The highest BCUT2D eigenvalue weighted by Gasteiger charge is 2.15. The molecule has 1 amide bonds. The normalized spacial score (nSPS) is 15.1. The van der Waals surface area contributed by atoms with E-state index in [2.05, 4.69) is 15.2 Å². The van der Waals surface area contributed by atoms with Gasteiger partial charge in [0.05, 0.1) is 29.7 Å². The first-order chi connectivity index (χ1) is 12.3. The molecule has 2 aromatic heterocycles. The minimum absolute atomic E-state index is 0.200. The van der Waals surface area contributed by atoms with E-state index in [0.29, 0.717) is 5.76 Å². The quantitative estimate of drug-likeness (QED) is 0.727. The fraction of sp³-hybridized carbons (Fsp3) is 0.222. The van der Waals surface area contributed by atoms with E-state index in [1.165, 1.54) is 6.08 Å². The van der Waals surface area contributed by atoms with Gasteiger partial charge in [-0.25, -0.2) is 4.98 Å². The zero-order chi connectivity index (χ0) is 17.1. The first-order valence-electron chi connectivity index (χ1n) is 8.04. The van der Waals surface area contributed by atoms with E-state index in [1.807, 2.05) is 18.2 Å². The lowest BCUT2D eigenvalue weighted by atomic mass is 10.3. The Morgan fingerprint density at radius 1 is 1.28 bits per heavy atom. The Labute approximate surface area is 148 Å². The Balaban J connectivity index is 1.47. The van der Waals surface area contributed by atoms with Gasteiger partial charge in [-0.05, 0) is 36.4 Å². The summed E-state index contributed by atoms with van der Waals surface area (Å²) in [6, 6.07) is 9.32. The summed E-state index contributed by atoms with van der Waals surface area (Å²) in [5.41, 5.74) is 1.69. The minimum Gasteiger partial charge on any atom is -0.465 e. The molecule has 0 aliphatic carbocycles. The largest absolute Gasteiger partial charge is 0.465 e. The van der Waals surface area contributed by atoms with Crippen molar-refractivity contribution in [3.8, 4) is 0 Å². The van der Waals surface area contributed by atoms with E-state index >= 15 is 0 Å². The second-order valence-electron chi connectivity index (χ2n) is 5.62. The third-order valence-corrected chi connectivity index (χ3v) is 4.95. The van der Waals surface area contributed by atoms with Crippen LogP contribution in [0.3, 0.4) is 0 Å². The van der Waals surface area contributed by atoms with E-state index < -0.39 is 0 Å². The van der Waals surface area contributed by atoms with Gasteiger partial charge in [-0.3, -0.25) is 4.79 Å². The highest BCUT2D eigenvalue weighted by atomic mass is 32.1. The van der Waals surface area contributed by atoms with Crippen molar-refractivity contribution >= 4 is 44.4 Å². The standard InChI is InChI=1S/C18H17N3O3S/c22-17(6-4-14-2-1-9-24-14)19-13-3-5-15-16(12-13)25-18(20-15)21-7-10-23-11-8-21/h1-6,9,12H,7-8,10-11H2,(H,19,22). The Bertz CT molecular complexity index is 896. The van der Waals surface area contributed by atoms with Crippen LogP contribution in [0, 0.1) is 0 Å². The molecule has 1 aliphatic rings. The fourth-order valence-corrected chi connectivity index (χ4v) is 3.66. The average Bonchev–Trinajstić information content (AvgIpc) is 3.30. The molecule has 0 saturated carbocycles. The summed E-state index contributed by atoms with van der Waals surface area (Å²) in [5, 5.41) is 3.86. The molecule has 25 heavy (non-hydrogen) atoms. The monoisotopic (exact) mass is 355 g/mol. The third-order valence-electron chi connectivity index (χ3n) is 3.87. The molecule has 0 atom stereocenters. The molecule has 3 aromatic rings. The SMILES string of the molecule is O=C(C=Cc1ccco1)Nc1ccc2nc(N3CCOCC3)sc2c1. The fourth-order valence-electron chi connectivity index (χ4n) is 2.61. The molecular weight excluding hydrogens is 338 g/mol. The van der Waals surface area contributed by atoms with Crippen LogP contribution < -0.4 is 10.2 Å². The number of thiazole rings is 1. The number of morpholine rings is 1. The van der Waals surface area contributed by atoms with Gasteiger partial charge >= 0.3 is 0 Å². The van der Waals surface area contributed by atoms with Gasteiger partial charge in [-0.15, -0.1) is 0 Å². The topological polar surface area (TPSA) is 67.6 Å². The lowest BCUT2D eigenvalue weighted by Crippen LogP contribution is -2.36. The van der Waals surface area contributed by atoms with Crippen molar-refractivity contribution in [2.75, 3.05) is 36.5 Å². The predicted octanol–water partition coefficient (Wildman–Crippen LogP) is 3.38. The van der Waals surface area contributed by atoms with Crippen molar-refractivity contribution in [3.63, 3.8) is 0 Å². The molecule has 3 heterocycles. The van der Waals surface area contributed by atoms with Gasteiger partial charge in [0.15, 0.2) is 5.13 Å². The predicted molar refractivity (Wildman–Crippen MR) is 99.0 cm³/mol. The molecule has 0 bridgehead atoms. The van der Waals surface area contributed by atoms with Crippen LogP contribution in [0.4, 0.5) is 10.8 Å². The number of benzene rings is 1. The van der Waals surface area contributed by atoms with Crippen LogP contribution in [0.2, 0.25) is 0 Å². The first-order valence-corrected chi connectivity index (χ1v) is 8.85. The van der Waals surface area contributed by atoms with Crippen molar-refractivity contribution in [3.05, 3.63) is 48.4 Å². The van der Waals surface area contributed by atoms with Crippen molar-refractivity contribution in [1.82, 2.24) is 4.98 Å². The Morgan fingerprint density at radius 3 is 2.96 bits per heavy atom. The summed E-state index contributed by atoms with van der Waals surface area (Å²) in [6.07, 6.45) is 4.66. The number of amides is 1. The molecule has 6 nitrogen and oxygen atoms in total. The third kappa shape index (κ3) is 3.72. The van der Waals surface area contributed by atoms with Gasteiger partial charge in [0.1, 0.15) is 5.76 Å². The van der Waals surface area contributed by atoms with Crippen molar-refractivity contribution in [1.29, 1.82) is 0 Å². The van der Waals surface area contributed by atoms with Crippen LogP contribution in [-0.2, 0) is 9.53 Å². The highest BCUT2D eigenvalue weighted by Crippen LogP contribution is 2.31. The second-order valence-corrected chi connectivity index (χ2v) is 6.63. The average molecular weight is 355 g/mol. The molecule has 1 fully saturated rings. The second kappa shape index (κ2) is 7.08. The lowest BCUT2D eigenvalue weighted by molar-refractivity contribution is -0.111. The number of furan rings is 1. The van der Waals surface area contributed by atoms with Crippen LogP contribution in [0.25, 0.3) is 16.3 Å². The van der Waals surface area contributed by atoms with Gasteiger partial charge in [0.25, 0.3) is 0 Å². The van der Waals surface area contributed by atoms with E-state index in [1.54, 1.807) is 35.8 Å². The molecule has 0 spiro atoms. The summed E-state index contributed by atoms with van der Waals surface area (Å²) < 4.78 is 11.6. The molecule has 4 rings (SSSR count). The van der Waals surface area contributed by atoms with E-state index in [4.69, 9.17) is 9.15 Å². The van der Waals surface area contributed by atoms with Crippen LogP contribution in [0.5, 0.6) is 0 Å². The number of nitrogens with zero attached hydrogens (tertiary/aromatic N) is 2. The lowest BCUT2D eigenvalue weighted by Gasteiger charge is -2.25. The molecular formula is C18H17N3O3S. The number of aromatic nitrogens is 1. The van der Waals surface area contributed by atoms with Gasteiger partial charge in [0, 0.05) is 24.9 Å². The molecule has 0 unspecified atom stereocenters. The maximum Gasteiger partial charge on any atom is 0.248 e. The van der Waals surface area contributed by atoms with Crippen LogP contribution in [0.15, 0.2) is 47.1 Å². The number of fused-ring (bicyclic) bond motifs is 1. The summed E-state index contributed by atoms with van der Waals surface area (Å²) in [7, 11) is 0. The smallest absolute Gasteiger partial charge is 0.248 e. The van der Waals surface area contributed by atoms with Gasteiger partial charge in [-0.1, -0.05) is 11.3 Å². The minimum atomic E-state index is -0.200. The molecule has 1 saturated heterocycles. The van der Waals surface area contributed by atoms with E-state index in [9.17, 15) is 4.79 Å². The molecule has 1 aromatic carbocycles. The van der Waals surface area contributed by atoms with Crippen LogP contribution in [-0.4, -0.2) is 37.2 Å². The van der Waals surface area contributed by atoms with Crippen LogP contribution >= 0.6 is 11.3 Å². The number of carbonyl (C=O) groups excluding carboxylic acids is 1. The molecule has 7 heteroatoms. The van der Waals surface area contributed by atoms with Gasteiger partial charge < -0.3 is 19.4 Å². The number of rotatable bonds is 4. The maximum absolute atomic E-state index is 12.0. The van der Waals surface area contributed by atoms with Gasteiger partial charge in [-0.2, -0.15) is 0 Å². The van der Waals surface area contributed by atoms with Crippen molar-refractivity contribution in [2.24, 2.45) is 0 Å². The molecule has 1 N–H and O–H groups in total. The number of ether oxygens (including phenoxy) is 1. The van der Waals surface area contributed by atoms with Gasteiger partial charge in [0.2, 0.25) is 5.91 Å². The Morgan fingerprint density at radius 2 is 2.16 bits per heavy atom. The van der Waals surface area contributed by atoms with Crippen molar-refractivity contribution in [2.45, 2.75) is 0 Å². The summed E-state index contributed by atoms with van der Waals surface area (Å²) in [4.78, 5) is 18.9. The maximum atomic E-state index is 12.0.